The monoisotopic (exact) mass is 1880 g/mol. The molecule has 8 aromatic carbocycles. The number of halogens is 8. The van der Waals surface area contributed by atoms with Crippen molar-refractivity contribution in [2.24, 2.45) is 51.9 Å². The molecule has 4 aliphatic rings. The van der Waals surface area contributed by atoms with Gasteiger partial charge in [-0.3, -0.25) is 19.2 Å². The number of likely N-dealkylation sites (tertiary alicyclic amines) is 2. The van der Waals surface area contributed by atoms with E-state index in [4.69, 9.17) is 137 Å². The van der Waals surface area contributed by atoms with Crippen LogP contribution in [0.25, 0.3) is 44.1 Å². The van der Waals surface area contributed by atoms with Crippen LogP contribution in [0.5, 0.6) is 0 Å². The number of carbonyl (C=O) groups is 4. The second-order valence-electron chi connectivity index (χ2n) is 34.9. The quantitative estimate of drug-likeness (QED) is 0.0558. The average Bonchev–Trinajstić information content (AvgIpc) is 1.64. The van der Waals surface area contributed by atoms with Gasteiger partial charge in [0, 0.05) is 142 Å². The summed E-state index contributed by atoms with van der Waals surface area (Å²) in [7, 11) is 7.78. The molecule has 1 aliphatic carbocycles. The van der Waals surface area contributed by atoms with E-state index in [1.54, 1.807) is 53.4 Å². The molecule has 129 heavy (non-hydrogen) atoms. The van der Waals surface area contributed by atoms with Crippen molar-refractivity contribution in [1.29, 1.82) is 5.26 Å². The largest absolute Gasteiger partial charge is 0.378 e. The van der Waals surface area contributed by atoms with E-state index in [2.05, 4.69) is 44.6 Å². The highest BCUT2D eigenvalue weighted by molar-refractivity contribution is 6.40. The highest BCUT2D eigenvalue weighted by Gasteiger charge is 2.32. The molecule has 3 saturated heterocycles. The zero-order chi connectivity index (χ0) is 92.5. The number of piperidine rings is 2. The van der Waals surface area contributed by atoms with Crippen LogP contribution >= 0.6 is 92.8 Å². The zero-order valence-electron chi connectivity index (χ0n) is 75.1. The molecule has 670 valence electrons. The maximum absolute atomic E-state index is 13.3. The minimum Gasteiger partial charge on any atom is -0.378 e. The topological polar surface area (TPSA) is 182 Å². The smallest absolute Gasteiger partial charge is 0.255 e. The van der Waals surface area contributed by atoms with Gasteiger partial charge < -0.3 is 37.7 Å². The molecular formula is C104H108Cl8N12O5. The molecule has 4 aromatic heterocycles. The van der Waals surface area contributed by atoms with Gasteiger partial charge in [-0.15, -0.1) is 19.3 Å². The molecule has 0 radical (unpaired) electrons. The summed E-state index contributed by atoms with van der Waals surface area (Å²) in [5, 5.41) is 13.0. The third kappa shape index (κ3) is 21.7. The molecule has 3 amide bonds. The number of rotatable bonds is 19. The van der Waals surface area contributed by atoms with Crippen molar-refractivity contribution >= 4 is 160 Å². The lowest BCUT2D eigenvalue weighted by atomic mass is 9.80. The number of Topliss-reactive ketones (excluding diaryl/α,β-unsaturated/α-hetero) is 1. The van der Waals surface area contributed by atoms with E-state index in [0.717, 1.165) is 194 Å². The Kier molecular flexibility index (Phi) is 32.3. The van der Waals surface area contributed by atoms with Crippen molar-refractivity contribution in [2.45, 2.75) is 164 Å². The molecule has 17 nitrogen and oxygen atoms in total. The van der Waals surface area contributed by atoms with E-state index in [1.165, 1.54) is 44.9 Å². The number of terminal acetylenes is 3. The highest BCUT2D eigenvalue weighted by atomic mass is 35.5. The van der Waals surface area contributed by atoms with Gasteiger partial charge in [-0.2, -0.15) is 5.26 Å². The van der Waals surface area contributed by atoms with Gasteiger partial charge in [0.25, 0.3) is 17.7 Å². The fourth-order valence-corrected chi connectivity index (χ4v) is 20.6. The number of hydrogen-bond acceptors (Lipinski definition) is 10. The van der Waals surface area contributed by atoms with Crippen molar-refractivity contribution in [3.05, 3.63) is 250 Å². The van der Waals surface area contributed by atoms with E-state index < -0.39 is 0 Å². The predicted octanol–water partition coefficient (Wildman–Crippen LogP) is 24.5. The number of unbranched alkanes of at least 4 members (excludes halogenated alkanes) is 1. The third-order valence-corrected chi connectivity index (χ3v) is 29.3. The Hall–Kier alpha value is -9.83. The molecule has 25 heteroatoms. The summed E-state index contributed by atoms with van der Waals surface area (Å²) in [6.07, 6.45) is 34.0. The van der Waals surface area contributed by atoms with Gasteiger partial charge in [-0.05, 0) is 231 Å². The van der Waals surface area contributed by atoms with Crippen molar-refractivity contribution < 1.29 is 23.9 Å². The number of aromatic nitrogens is 8. The Labute approximate surface area is 797 Å². The number of amides is 3. The first-order valence-electron chi connectivity index (χ1n) is 44.4. The average molecular weight is 1890 g/mol. The van der Waals surface area contributed by atoms with Gasteiger partial charge >= 0.3 is 0 Å². The van der Waals surface area contributed by atoms with E-state index in [0.29, 0.717) is 149 Å². The van der Waals surface area contributed by atoms with Crippen molar-refractivity contribution in [1.82, 2.24) is 52.9 Å². The number of hydrogen-bond donors (Lipinski definition) is 0. The summed E-state index contributed by atoms with van der Waals surface area (Å²) >= 11 is 53.1. The fraction of sp³-hybridized carbons (Fsp3) is 0.394. The molecule has 0 unspecified atom stereocenters. The number of carbonyl (C=O) groups excluding carboxylic acids is 4. The number of ketones is 1. The molecular weight excluding hydrogens is 1780 g/mol. The Morgan fingerprint density at radius 2 is 0.705 bits per heavy atom. The first-order chi connectivity index (χ1) is 61.8. The minimum atomic E-state index is -0.110. The van der Waals surface area contributed by atoms with Crippen molar-refractivity contribution in [3.63, 3.8) is 0 Å². The molecule has 7 heterocycles. The normalized spacial score (nSPS) is 15.5. The van der Waals surface area contributed by atoms with E-state index in [1.807, 2.05) is 132 Å². The second kappa shape index (κ2) is 43.0. The summed E-state index contributed by atoms with van der Waals surface area (Å²) in [6.45, 7) is 19.9. The lowest BCUT2D eigenvalue weighted by molar-refractivity contribution is 0.0303. The van der Waals surface area contributed by atoms with Gasteiger partial charge in [-0.1, -0.05) is 176 Å². The molecule has 1 saturated carbocycles. The van der Waals surface area contributed by atoms with Crippen LogP contribution in [0.2, 0.25) is 40.2 Å². The third-order valence-electron chi connectivity index (χ3n) is 26.2. The SMILES string of the molecule is C#Cc1cc(C)c2nc(Cc3c(Cl)ccc(C(=O)CC4CCC(C)CC4)c3Cl)n(C)c2c1.C#Cc1cc(C)c2nc(Cc3c(Cl)ccc(C(=O)N4CCC(CCCC)CC4)c3Cl)n(C)c2c1.C#Cc1cc(C)c2nc(Cc3c(Cl)ccc(C(=O)N4CCOCC4)c3Cl)n(C)c2c1.CCCC1CCN(C(=O)c2ccc(Cl)c(Cc3nc4c(C)cc(C#N)cc4n3C)c2Cl)CC1. The molecule has 16 rings (SSSR count). The maximum atomic E-state index is 13.3. The van der Waals surface area contributed by atoms with Crippen molar-refractivity contribution in [3.8, 4) is 43.1 Å². The van der Waals surface area contributed by atoms with Gasteiger partial charge in [-0.25, -0.2) is 19.9 Å². The summed E-state index contributed by atoms with van der Waals surface area (Å²) in [5.41, 5.74) is 19.2. The minimum absolute atomic E-state index is 0.0173. The number of morpholine rings is 1. The number of fused-ring (bicyclic) bond motifs is 4. The Morgan fingerprint density at radius 1 is 0.403 bits per heavy atom. The van der Waals surface area contributed by atoms with E-state index >= 15 is 0 Å². The van der Waals surface area contributed by atoms with Gasteiger partial charge in [0.2, 0.25) is 0 Å². The molecule has 12 aromatic rings. The van der Waals surface area contributed by atoms with Crippen LogP contribution in [0, 0.1) is 99.7 Å². The Morgan fingerprint density at radius 3 is 1.02 bits per heavy atom. The second-order valence-corrected chi connectivity index (χ2v) is 38.0. The number of ether oxygens (including phenoxy) is 1. The number of aryl methyl sites for hydroxylation is 8. The molecule has 3 aliphatic heterocycles. The standard InChI is InChI=1S/C28H31Cl2N3O.C27H28Cl2N2O.C26H28Cl2N4O.C23H21Cl2N3O2/c1-5-7-8-20-11-13-33(14-12-20)28(34)21-9-10-23(29)22(26(21)30)17-25-31-27-18(3)15-19(6-2)16-24(27)32(25)4;1-5-18-12-17(3)27-23(13-18)31(4)25(30-27)15-21-22(28)11-10-20(26(21)29)24(32)14-19-8-6-16(2)7-9-19;1-4-5-17-8-10-32(11-9-17)26(33)19-6-7-21(27)20(24(19)28)14-23-30-25-16(2)12-18(15-29)13-22(25)31(23)3;1-4-15-11-14(2)22-19(12-15)27(3)20(26-22)13-17-18(24)6-5-16(21(17)25)23(29)28-7-9-30-10-8-28/h2,9-10,15-16,20H,5,7-8,11-14,17H2,1,3-4H3;1,10-13,16,19H,6-9,14-15H2,2-4H3;6-7,12-13,17H,4-5,8-11,14H2,1-3H3;1,5-6,11-12H,7-10,13H2,2-3H3. The first-order valence-corrected chi connectivity index (χ1v) is 47.4. The molecule has 0 N–H and O–H groups in total. The summed E-state index contributed by atoms with van der Waals surface area (Å²) in [4.78, 5) is 77.5. The van der Waals surface area contributed by atoms with Gasteiger partial charge in [0.15, 0.2) is 5.78 Å². The van der Waals surface area contributed by atoms with Crippen molar-refractivity contribution in [2.75, 3.05) is 52.5 Å². The lowest BCUT2D eigenvalue weighted by Crippen LogP contribution is -2.40. The van der Waals surface area contributed by atoms with Crippen LogP contribution in [-0.4, -0.2) is 129 Å². The number of nitrogens with zero attached hydrogens (tertiary/aromatic N) is 12. The number of imidazole rings is 4. The van der Waals surface area contributed by atoms with Gasteiger partial charge in [0.05, 0.1) is 106 Å². The lowest BCUT2D eigenvalue weighted by Gasteiger charge is -2.32. The molecule has 4 fully saturated rings. The summed E-state index contributed by atoms with van der Waals surface area (Å²) in [6, 6.07) is 31.6. The van der Waals surface area contributed by atoms with E-state index in [9.17, 15) is 24.4 Å². The maximum Gasteiger partial charge on any atom is 0.255 e. The van der Waals surface area contributed by atoms with Crippen LogP contribution in [-0.2, 0) is 58.6 Å². The highest BCUT2D eigenvalue weighted by Crippen LogP contribution is 2.41. The predicted molar refractivity (Wildman–Crippen MR) is 526 cm³/mol. The van der Waals surface area contributed by atoms with Crippen LogP contribution in [0.1, 0.15) is 242 Å². The molecule has 0 atom stereocenters. The number of nitriles is 1. The Bertz CT molecular complexity index is 6480. The van der Waals surface area contributed by atoms with Crippen LogP contribution in [0.3, 0.4) is 0 Å². The summed E-state index contributed by atoms with van der Waals surface area (Å²) in [5.74, 6) is 13.9. The Balaban J connectivity index is 0.000000147. The zero-order valence-corrected chi connectivity index (χ0v) is 81.1. The molecule has 0 bridgehead atoms. The van der Waals surface area contributed by atoms with Crippen LogP contribution in [0.15, 0.2) is 97.1 Å². The molecule has 0 spiro atoms. The summed E-state index contributed by atoms with van der Waals surface area (Å²) < 4.78 is 13.3. The number of benzene rings is 8. The van der Waals surface area contributed by atoms with Crippen LogP contribution < -0.4 is 0 Å². The fourth-order valence-electron chi connectivity index (χ4n) is 18.3. The van der Waals surface area contributed by atoms with Gasteiger partial charge in [0.1, 0.15) is 23.3 Å². The van der Waals surface area contributed by atoms with E-state index in [-0.39, 0.29) is 23.5 Å². The van der Waals surface area contributed by atoms with Crippen LogP contribution in [0.4, 0.5) is 0 Å². The first kappa shape index (κ1) is 96.7.